The number of hydrogen-bond acceptors (Lipinski definition) is 9. The lowest BCUT2D eigenvalue weighted by Gasteiger charge is -2.42. The van der Waals surface area contributed by atoms with Crippen LogP contribution in [0.15, 0.2) is 36.9 Å². The number of rotatable bonds is 7. The molecule has 2 saturated heterocycles. The molecule has 0 radical (unpaired) electrons. The molecule has 2 aliphatic heterocycles. The van der Waals surface area contributed by atoms with Crippen molar-refractivity contribution in [3.63, 3.8) is 0 Å². The Kier molecular flexibility index (Phi) is 7.73. The Morgan fingerprint density at radius 3 is 2.81 bits per heavy atom. The van der Waals surface area contributed by atoms with Gasteiger partial charge in [-0.15, -0.1) is 0 Å². The van der Waals surface area contributed by atoms with E-state index in [0.717, 1.165) is 36.1 Å². The highest BCUT2D eigenvalue weighted by molar-refractivity contribution is 6.03. The lowest BCUT2D eigenvalue weighted by atomic mass is 9.68. The van der Waals surface area contributed by atoms with Crippen LogP contribution in [0.25, 0.3) is 0 Å². The third-order valence-corrected chi connectivity index (χ3v) is 9.68. The van der Waals surface area contributed by atoms with E-state index in [1.165, 1.54) is 6.08 Å². The Bertz CT molecular complexity index is 1440. The van der Waals surface area contributed by atoms with E-state index in [9.17, 15) is 14.9 Å². The number of fused-ring (bicyclic) bond motifs is 2. The molecule has 10 heteroatoms. The van der Waals surface area contributed by atoms with Crippen molar-refractivity contribution in [3.8, 4) is 12.1 Å². The fourth-order valence-electron chi connectivity index (χ4n) is 7.44. The minimum Gasteiger partial charge on any atom is -0.462 e. The average molecular weight is 571 g/mol. The van der Waals surface area contributed by atoms with Gasteiger partial charge in [-0.05, 0) is 62.9 Å². The van der Waals surface area contributed by atoms with E-state index in [-0.39, 0.29) is 42.3 Å². The molecule has 4 aliphatic rings. The third kappa shape index (κ3) is 4.74. The predicted octanol–water partition coefficient (Wildman–Crippen LogP) is 3.13. The van der Waals surface area contributed by atoms with Crippen LogP contribution in [0.1, 0.15) is 59.0 Å². The highest BCUT2D eigenvalue weighted by Crippen LogP contribution is 2.54. The molecule has 3 heterocycles. The van der Waals surface area contributed by atoms with Crippen molar-refractivity contribution in [1.82, 2.24) is 19.8 Å². The molecule has 1 amide bonds. The molecular weight excluding hydrogens is 532 g/mol. The number of carbonyl (C=O) groups is 2. The molecule has 0 N–H and O–H groups in total. The maximum atomic E-state index is 14.6. The number of ketones is 1. The Labute approximate surface area is 246 Å². The monoisotopic (exact) mass is 570 g/mol. The largest absolute Gasteiger partial charge is 0.462 e. The fraction of sp³-hybridized carbons (Fsp3) is 0.531. The molecule has 2 aromatic rings. The van der Waals surface area contributed by atoms with Crippen LogP contribution in [0.2, 0.25) is 0 Å². The number of Topliss-reactive ketones (excluding diaryl/α,β-unsaturated/α-hetero) is 1. The first-order valence-corrected chi connectivity index (χ1v) is 14.8. The van der Waals surface area contributed by atoms with Gasteiger partial charge in [0, 0.05) is 38.3 Å². The van der Waals surface area contributed by atoms with E-state index >= 15 is 0 Å². The van der Waals surface area contributed by atoms with Crippen molar-refractivity contribution < 1.29 is 19.1 Å². The molecular formula is C32H38N6O4. The van der Waals surface area contributed by atoms with E-state index < -0.39 is 5.41 Å². The molecule has 2 fully saturated rings. The summed E-state index contributed by atoms with van der Waals surface area (Å²) in [5, 5.41) is 9.52. The number of benzene rings is 1. The van der Waals surface area contributed by atoms with Gasteiger partial charge < -0.3 is 24.2 Å². The van der Waals surface area contributed by atoms with Gasteiger partial charge >= 0.3 is 6.01 Å². The van der Waals surface area contributed by atoms with Crippen LogP contribution in [0.4, 0.5) is 5.82 Å². The summed E-state index contributed by atoms with van der Waals surface area (Å²) in [6, 6.07) is 10.5. The summed E-state index contributed by atoms with van der Waals surface area (Å²) < 4.78 is 12.2. The van der Waals surface area contributed by atoms with Crippen LogP contribution in [-0.2, 0) is 22.4 Å². The third-order valence-electron chi connectivity index (χ3n) is 9.68. The van der Waals surface area contributed by atoms with Gasteiger partial charge in [0.25, 0.3) is 0 Å². The molecule has 42 heavy (non-hydrogen) atoms. The molecule has 4 unspecified atom stereocenters. The Morgan fingerprint density at radius 1 is 1.24 bits per heavy atom. The van der Waals surface area contributed by atoms with Gasteiger partial charge in [0.15, 0.2) is 5.78 Å². The summed E-state index contributed by atoms with van der Waals surface area (Å²) in [6.45, 7) is 6.47. The van der Waals surface area contributed by atoms with E-state index in [2.05, 4.69) is 41.6 Å². The van der Waals surface area contributed by atoms with Crippen molar-refractivity contribution in [1.29, 1.82) is 5.26 Å². The summed E-state index contributed by atoms with van der Waals surface area (Å²) in [5.74, 6) is 0.441. The quantitative estimate of drug-likeness (QED) is 0.464. The maximum Gasteiger partial charge on any atom is 0.319 e. The summed E-state index contributed by atoms with van der Waals surface area (Å²) >= 11 is 0. The fourth-order valence-corrected chi connectivity index (χ4v) is 7.44. The van der Waals surface area contributed by atoms with Crippen LogP contribution >= 0.6 is 0 Å². The van der Waals surface area contributed by atoms with Crippen LogP contribution < -0.4 is 9.64 Å². The number of amides is 1. The highest BCUT2D eigenvalue weighted by atomic mass is 16.5. The SMILES string of the molecule is C=CC(=O)N1CCN(c2nc(OCC3CCCN3C)nc3c2CCC2(Cc4ccccc4C2OC)C3=O)CC1CC#N. The summed E-state index contributed by atoms with van der Waals surface area (Å²) in [7, 11) is 3.77. The molecule has 4 atom stereocenters. The van der Waals surface area contributed by atoms with Crippen LogP contribution in [0.5, 0.6) is 6.01 Å². The van der Waals surface area contributed by atoms with Crippen LogP contribution in [0, 0.1) is 16.7 Å². The van der Waals surface area contributed by atoms with Gasteiger partial charge in [-0.3, -0.25) is 9.59 Å². The number of likely N-dealkylation sites (N-methyl/N-ethyl adjacent to an activating group) is 1. The zero-order valence-corrected chi connectivity index (χ0v) is 24.4. The first-order valence-electron chi connectivity index (χ1n) is 14.8. The normalized spacial score (nSPS) is 27.1. The predicted molar refractivity (Wildman–Crippen MR) is 156 cm³/mol. The molecule has 2 aliphatic carbocycles. The first-order chi connectivity index (χ1) is 20.4. The molecule has 1 aromatic carbocycles. The highest BCUT2D eigenvalue weighted by Gasteiger charge is 2.55. The zero-order valence-electron chi connectivity index (χ0n) is 24.4. The number of likely N-dealkylation sites (tertiary alicyclic amines) is 1. The smallest absolute Gasteiger partial charge is 0.319 e. The lowest BCUT2D eigenvalue weighted by molar-refractivity contribution is -0.128. The maximum absolute atomic E-state index is 14.6. The topological polar surface area (TPSA) is 112 Å². The average Bonchev–Trinajstić information content (AvgIpc) is 3.57. The molecule has 1 spiro atoms. The second kappa shape index (κ2) is 11.5. The van der Waals surface area contributed by atoms with Crippen molar-refractivity contribution in [2.24, 2.45) is 5.41 Å². The van der Waals surface area contributed by atoms with Crippen molar-refractivity contribution in [3.05, 3.63) is 59.3 Å². The molecule has 220 valence electrons. The summed E-state index contributed by atoms with van der Waals surface area (Å²) in [5.41, 5.74) is 2.67. The summed E-state index contributed by atoms with van der Waals surface area (Å²) in [4.78, 5) is 42.8. The molecule has 10 nitrogen and oxygen atoms in total. The van der Waals surface area contributed by atoms with Gasteiger partial charge in [-0.2, -0.15) is 15.2 Å². The number of piperazine rings is 1. The van der Waals surface area contributed by atoms with Gasteiger partial charge in [0.05, 0.1) is 30.1 Å². The van der Waals surface area contributed by atoms with Gasteiger partial charge in [0.1, 0.15) is 18.1 Å². The second-order valence-electron chi connectivity index (χ2n) is 11.9. The van der Waals surface area contributed by atoms with Crippen molar-refractivity contribution in [2.75, 3.05) is 51.8 Å². The van der Waals surface area contributed by atoms with Gasteiger partial charge in [-0.1, -0.05) is 30.8 Å². The van der Waals surface area contributed by atoms with Gasteiger partial charge in [0.2, 0.25) is 5.91 Å². The van der Waals surface area contributed by atoms with Gasteiger partial charge in [-0.25, -0.2) is 0 Å². The summed E-state index contributed by atoms with van der Waals surface area (Å²) in [6.07, 6.45) is 5.14. The van der Waals surface area contributed by atoms with E-state index in [1.807, 2.05) is 12.1 Å². The standard InChI is InChI=1S/C32H38N6O4/c1-4-26(39)38-17-16-37(19-22(38)12-14-33)30-25-11-13-32(18-21-8-5-6-10-24(21)29(32)41-3)28(40)27(25)34-31(35-30)42-20-23-9-7-15-36(23)2/h4-6,8,10,22-23,29H,1,7,9,11-13,15-20H2,2-3H3. The second-order valence-corrected chi connectivity index (χ2v) is 11.9. The molecule has 0 saturated carbocycles. The Balaban J connectivity index is 1.38. The van der Waals surface area contributed by atoms with Crippen LogP contribution in [-0.4, -0.2) is 90.5 Å². The number of carbonyl (C=O) groups excluding carboxylic acids is 2. The van der Waals surface area contributed by atoms with Crippen molar-refractivity contribution >= 4 is 17.5 Å². The molecule has 6 rings (SSSR count). The Hall–Kier alpha value is -3.81. The molecule has 0 bridgehead atoms. The number of ether oxygens (including phenoxy) is 2. The van der Waals surface area contributed by atoms with E-state index in [4.69, 9.17) is 19.4 Å². The zero-order chi connectivity index (χ0) is 29.4. The van der Waals surface area contributed by atoms with Crippen molar-refractivity contribution in [2.45, 2.75) is 56.7 Å². The number of nitrogens with zero attached hydrogens (tertiary/aromatic N) is 6. The molecule has 1 aromatic heterocycles. The number of aromatic nitrogens is 2. The lowest BCUT2D eigenvalue weighted by Crippen LogP contribution is -2.55. The Morgan fingerprint density at radius 2 is 2.07 bits per heavy atom. The van der Waals surface area contributed by atoms with E-state index in [0.29, 0.717) is 57.0 Å². The number of methoxy groups -OCH3 is 1. The first kappa shape index (κ1) is 28.3. The number of anilines is 1. The minimum absolute atomic E-state index is 0.0349. The minimum atomic E-state index is -0.738. The number of nitriles is 1. The van der Waals surface area contributed by atoms with E-state index in [1.54, 1.807) is 12.0 Å². The number of hydrogen-bond donors (Lipinski definition) is 0. The van der Waals surface area contributed by atoms with Crippen LogP contribution in [0.3, 0.4) is 0 Å².